The van der Waals surface area contributed by atoms with Crippen molar-refractivity contribution in [2.45, 2.75) is 54.0 Å². The van der Waals surface area contributed by atoms with Gasteiger partial charge in [0.2, 0.25) is 0 Å². The fourth-order valence-electron chi connectivity index (χ4n) is 3.36. The Hall–Kier alpha value is -0.0400. The van der Waals surface area contributed by atoms with Crippen molar-refractivity contribution in [3.05, 3.63) is 0 Å². The van der Waals surface area contributed by atoms with E-state index >= 15 is 0 Å². The minimum absolute atomic E-state index is 0.698. The minimum Gasteiger partial charge on any atom is -0.314 e. The lowest BCUT2D eigenvalue weighted by Gasteiger charge is -2.52. The van der Waals surface area contributed by atoms with Crippen LogP contribution in [0.15, 0.2) is 0 Å². The second-order valence-electron chi connectivity index (χ2n) is 5.96. The standard InChI is InChI=1S/C14H29N/c1-7-13-10(4)11(5)14(13)12(6)15-8-9(2)3/h9-15H,7-8H2,1-6H3. The first-order chi connectivity index (χ1) is 6.99. The summed E-state index contributed by atoms with van der Waals surface area (Å²) in [4.78, 5) is 0. The van der Waals surface area contributed by atoms with Crippen LogP contribution in [0.2, 0.25) is 0 Å². The molecular formula is C14H29N. The van der Waals surface area contributed by atoms with Crippen LogP contribution in [0.3, 0.4) is 0 Å². The maximum atomic E-state index is 3.70. The van der Waals surface area contributed by atoms with Crippen LogP contribution in [0.25, 0.3) is 0 Å². The topological polar surface area (TPSA) is 12.0 Å². The van der Waals surface area contributed by atoms with Gasteiger partial charge in [-0.05, 0) is 43.1 Å². The molecule has 5 atom stereocenters. The zero-order valence-corrected chi connectivity index (χ0v) is 11.4. The first-order valence-electron chi connectivity index (χ1n) is 6.72. The van der Waals surface area contributed by atoms with Crippen LogP contribution in [-0.4, -0.2) is 12.6 Å². The molecule has 0 aliphatic heterocycles. The summed E-state index contributed by atoms with van der Waals surface area (Å²) in [5, 5.41) is 3.70. The molecule has 1 rings (SSSR count). The van der Waals surface area contributed by atoms with Gasteiger partial charge in [-0.2, -0.15) is 0 Å². The molecule has 1 aliphatic rings. The maximum Gasteiger partial charge on any atom is 0.00725 e. The van der Waals surface area contributed by atoms with Crippen molar-refractivity contribution >= 4 is 0 Å². The molecule has 15 heavy (non-hydrogen) atoms. The Morgan fingerprint density at radius 1 is 1.07 bits per heavy atom. The van der Waals surface area contributed by atoms with Gasteiger partial charge >= 0.3 is 0 Å². The van der Waals surface area contributed by atoms with Crippen LogP contribution >= 0.6 is 0 Å². The summed E-state index contributed by atoms with van der Waals surface area (Å²) in [6.07, 6.45) is 1.35. The Morgan fingerprint density at radius 3 is 2.13 bits per heavy atom. The highest BCUT2D eigenvalue weighted by Gasteiger charge is 2.45. The Labute approximate surface area is 96.0 Å². The molecule has 0 heterocycles. The monoisotopic (exact) mass is 211 g/mol. The zero-order chi connectivity index (χ0) is 11.6. The third kappa shape index (κ3) is 2.75. The average Bonchev–Trinajstić information content (AvgIpc) is 2.20. The van der Waals surface area contributed by atoms with Gasteiger partial charge in [0.1, 0.15) is 0 Å². The maximum absolute atomic E-state index is 3.70. The number of nitrogens with one attached hydrogen (secondary N) is 1. The Bertz CT molecular complexity index is 188. The van der Waals surface area contributed by atoms with Crippen LogP contribution < -0.4 is 5.32 Å². The van der Waals surface area contributed by atoms with Gasteiger partial charge in [-0.1, -0.05) is 41.0 Å². The van der Waals surface area contributed by atoms with Crippen molar-refractivity contribution in [3.8, 4) is 0 Å². The van der Waals surface area contributed by atoms with Gasteiger partial charge in [0.15, 0.2) is 0 Å². The van der Waals surface area contributed by atoms with Gasteiger partial charge in [-0.15, -0.1) is 0 Å². The van der Waals surface area contributed by atoms with E-state index in [1.165, 1.54) is 6.42 Å². The third-order valence-electron chi connectivity index (χ3n) is 4.50. The van der Waals surface area contributed by atoms with E-state index < -0.39 is 0 Å². The highest BCUT2D eigenvalue weighted by Crippen LogP contribution is 2.48. The van der Waals surface area contributed by atoms with E-state index in [2.05, 4.69) is 46.9 Å². The van der Waals surface area contributed by atoms with E-state index in [1.807, 2.05) is 0 Å². The number of hydrogen-bond donors (Lipinski definition) is 1. The summed E-state index contributed by atoms with van der Waals surface area (Å²) in [6, 6.07) is 0.698. The molecule has 90 valence electrons. The minimum atomic E-state index is 0.698. The quantitative estimate of drug-likeness (QED) is 0.733. The fraction of sp³-hybridized carbons (Fsp3) is 1.00. The predicted molar refractivity (Wildman–Crippen MR) is 67.9 cm³/mol. The molecule has 0 amide bonds. The van der Waals surface area contributed by atoms with E-state index in [1.54, 1.807) is 0 Å². The molecule has 1 heteroatoms. The Balaban J connectivity index is 2.41. The van der Waals surface area contributed by atoms with E-state index in [0.717, 1.165) is 36.1 Å². The summed E-state index contributed by atoms with van der Waals surface area (Å²) in [5.41, 5.74) is 0. The summed E-state index contributed by atoms with van der Waals surface area (Å²) in [5.74, 6) is 4.46. The van der Waals surface area contributed by atoms with E-state index in [9.17, 15) is 0 Å². The first-order valence-corrected chi connectivity index (χ1v) is 6.72. The van der Waals surface area contributed by atoms with Crippen LogP contribution in [-0.2, 0) is 0 Å². The van der Waals surface area contributed by atoms with Crippen LogP contribution in [0.1, 0.15) is 48.0 Å². The molecule has 0 bridgehead atoms. The van der Waals surface area contributed by atoms with Crippen molar-refractivity contribution in [3.63, 3.8) is 0 Å². The lowest BCUT2D eigenvalue weighted by atomic mass is 9.55. The van der Waals surface area contributed by atoms with Gasteiger partial charge in [-0.3, -0.25) is 0 Å². The molecule has 0 spiro atoms. The van der Waals surface area contributed by atoms with Crippen molar-refractivity contribution in [2.24, 2.45) is 29.6 Å². The fourth-order valence-corrected chi connectivity index (χ4v) is 3.36. The molecule has 0 radical (unpaired) electrons. The zero-order valence-electron chi connectivity index (χ0n) is 11.4. The SMILES string of the molecule is CCC1C(C)C(C)C1C(C)NCC(C)C. The van der Waals surface area contributed by atoms with Crippen molar-refractivity contribution in [1.82, 2.24) is 5.32 Å². The lowest BCUT2D eigenvalue weighted by Crippen LogP contribution is -2.53. The van der Waals surface area contributed by atoms with Gasteiger partial charge in [0.05, 0.1) is 0 Å². The van der Waals surface area contributed by atoms with Crippen LogP contribution in [0.4, 0.5) is 0 Å². The second-order valence-corrected chi connectivity index (χ2v) is 5.96. The van der Waals surface area contributed by atoms with Crippen LogP contribution in [0, 0.1) is 29.6 Å². The van der Waals surface area contributed by atoms with Gasteiger partial charge in [0, 0.05) is 6.04 Å². The van der Waals surface area contributed by atoms with E-state index in [0.29, 0.717) is 6.04 Å². The summed E-state index contributed by atoms with van der Waals surface area (Å²) in [6.45, 7) is 15.3. The van der Waals surface area contributed by atoms with Gasteiger partial charge < -0.3 is 5.32 Å². The van der Waals surface area contributed by atoms with Crippen molar-refractivity contribution in [1.29, 1.82) is 0 Å². The van der Waals surface area contributed by atoms with E-state index in [4.69, 9.17) is 0 Å². The molecular weight excluding hydrogens is 182 g/mol. The molecule has 1 fully saturated rings. The molecule has 0 aromatic carbocycles. The molecule has 5 unspecified atom stereocenters. The van der Waals surface area contributed by atoms with Crippen molar-refractivity contribution in [2.75, 3.05) is 6.54 Å². The summed E-state index contributed by atoms with van der Waals surface area (Å²) < 4.78 is 0. The number of rotatable bonds is 5. The first kappa shape index (κ1) is 13.0. The van der Waals surface area contributed by atoms with Crippen LogP contribution in [0.5, 0.6) is 0 Å². The van der Waals surface area contributed by atoms with E-state index in [-0.39, 0.29) is 0 Å². The summed E-state index contributed by atoms with van der Waals surface area (Å²) in [7, 11) is 0. The molecule has 0 saturated heterocycles. The Morgan fingerprint density at radius 2 is 1.67 bits per heavy atom. The number of hydrogen-bond acceptors (Lipinski definition) is 1. The Kier molecular flexibility index (Phi) is 4.64. The molecule has 0 aromatic heterocycles. The average molecular weight is 211 g/mol. The van der Waals surface area contributed by atoms with Gasteiger partial charge in [0.25, 0.3) is 0 Å². The third-order valence-corrected chi connectivity index (χ3v) is 4.50. The highest BCUT2D eigenvalue weighted by molar-refractivity contribution is 4.96. The normalized spacial score (nSPS) is 37.8. The smallest absolute Gasteiger partial charge is 0.00725 e. The largest absolute Gasteiger partial charge is 0.314 e. The molecule has 1 saturated carbocycles. The van der Waals surface area contributed by atoms with Gasteiger partial charge in [-0.25, -0.2) is 0 Å². The second kappa shape index (κ2) is 5.34. The molecule has 1 N–H and O–H groups in total. The molecule has 1 aliphatic carbocycles. The summed E-state index contributed by atoms with van der Waals surface area (Å²) >= 11 is 0. The molecule has 1 nitrogen and oxygen atoms in total. The lowest BCUT2D eigenvalue weighted by molar-refractivity contribution is -0.0229. The highest BCUT2D eigenvalue weighted by atomic mass is 14.9. The molecule has 0 aromatic rings. The predicted octanol–water partition coefficient (Wildman–Crippen LogP) is 3.55. The van der Waals surface area contributed by atoms with Crippen molar-refractivity contribution < 1.29 is 0 Å².